The lowest BCUT2D eigenvalue weighted by molar-refractivity contribution is -0.135. The molecule has 2 fully saturated rings. The number of rotatable bonds is 3. The third-order valence-electron chi connectivity index (χ3n) is 3.97. The first-order valence-corrected chi connectivity index (χ1v) is 6.22. The molecule has 1 N–H and O–H groups in total. The summed E-state index contributed by atoms with van der Waals surface area (Å²) in [6.45, 7) is 5.16. The Balaban J connectivity index is 1.97. The minimum atomic E-state index is 0.00798. The molecule has 0 spiro atoms. The fraction of sp³-hybridized carbons (Fsp3) is 0.917. The van der Waals surface area contributed by atoms with E-state index in [1.54, 1.807) is 14.2 Å². The number of carbonyl (C=O) groups is 1. The number of amides is 1. The molecule has 5 heteroatoms. The highest BCUT2D eigenvalue weighted by Crippen LogP contribution is 2.23. The van der Waals surface area contributed by atoms with E-state index in [4.69, 9.17) is 9.47 Å². The van der Waals surface area contributed by atoms with E-state index >= 15 is 0 Å². The van der Waals surface area contributed by atoms with Crippen LogP contribution in [0.2, 0.25) is 0 Å². The second-order valence-corrected chi connectivity index (χ2v) is 5.03. The molecule has 2 aliphatic rings. The molecule has 2 rings (SSSR count). The van der Waals surface area contributed by atoms with Crippen molar-refractivity contribution in [2.24, 2.45) is 11.8 Å². The fourth-order valence-electron chi connectivity index (χ4n) is 2.75. The molecule has 1 amide bonds. The minimum absolute atomic E-state index is 0.00798. The Hall–Kier alpha value is -0.650. The Morgan fingerprint density at radius 1 is 1.18 bits per heavy atom. The molecule has 2 heterocycles. The van der Waals surface area contributed by atoms with Crippen LogP contribution >= 0.6 is 0 Å². The highest BCUT2D eigenvalue weighted by Gasteiger charge is 2.40. The Morgan fingerprint density at radius 2 is 1.76 bits per heavy atom. The summed E-state index contributed by atoms with van der Waals surface area (Å²) in [5.74, 6) is 0.775. The van der Waals surface area contributed by atoms with Gasteiger partial charge in [-0.25, -0.2) is 0 Å². The van der Waals surface area contributed by atoms with Crippen molar-refractivity contribution in [2.75, 3.05) is 40.4 Å². The van der Waals surface area contributed by atoms with Crippen LogP contribution in [0.15, 0.2) is 0 Å². The first kappa shape index (κ1) is 12.8. The van der Waals surface area contributed by atoms with Gasteiger partial charge in [0.15, 0.2) is 0 Å². The van der Waals surface area contributed by atoms with Gasteiger partial charge in [-0.15, -0.1) is 0 Å². The SMILES string of the molecule is COC1CN(C(=O)C2CNCC2C)CC1OC. The molecule has 2 saturated heterocycles. The van der Waals surface area contributed by atoms with Crippen molar-refractivity contribution in [1.82, 2.24) is 10.2 Å². The lowest BCUT2D eigenvalue weighted by Gasteiger charge is -2.22. The van der Waals surface area contributed by atoms with Crippen LogP contribution in [-0.4, -0.2) is 63.4 Å². The molecule has 2 aliphatic heterocycles. The maximum Gasteiger partial charge on any atom is 0.227 e. The van der Waals surface area contributed by atoms with Crippen LogP contribution in [0.25, 0.3) is 0 Å². The predicted molar refractivity (Wildman–Crippen MR) is 63.7 cm³/mol. The molecule has 0 saturated carbocycles. The topological polar surface area (TPSA) is 50.8 Å². The largest absolute Gasteiger partial charge is 0.377 e. The first-order valence-electron chi connectivity index (χ1n) is 6.22. The first-order chi connectivity index (χ1) is 8.17. The van der Waals surface area contributed by atoms with E-state index in [2.05, 4.69) is 12.2 Å². The van der Waals surface area contributed by atoms with Gasteiger partial charge in [-0.1, -0.05) is 6.92 Å². The Bertz CT molecular complexity index is 273. The van der Waals surface area contributed by atoms with Crippen LogP contribution in [0.4, 0.5) is 0 Å². The molecule has 0 aromatic carbocycles. The zero-order valence-electron chi connectivity index (χ0n) is 10.8. The summed E-state index contributed by atoms with van der Waals surface area (Å²) in [7, 11) is 3.34. The van der Waals surface area contributed by atoms with Crippen molar-refractivity contribution >= 4 is 5.91 Å². The van der Waals surface area contributed by atoms with Crippen molar-refractivity contribution in [3.05, 3.63) is 0 Å². The average molecular weight is 242 g/mol. The Labute approximate surface area is 102 Å². The molecule has 4 unspecified atom stereocenters. The van der Waals surface area contributed by atoms with Gasteiger partial charge in [0, 0.05) is 33.9 Å². The molecule has 0 aliphatic carbocycles. The second-order valence-electron chi connectivity index (χ2n) is 5.03. The van der Waals surface area contributed by atoms with Crippen LogP contribution in [0.5, 0.6) is 0 Å². The van der Waals surface area contributed by atoms with Crippen molar-refractivity contribution in [1.29, 1.82) is 0 Å². The number of hydrogen-bond donors (Lipinski definition) is 1. The van der Waals surface area contributed by atoms with Crippen molar-refractivity contribution in [2.45, 2.75) is 19.1 Å². The van der Waals surface area contributed by atoms with Crippen molar-refractivity contribution in [3.8, 4) is 0 Å². The molecular formula is C12H22N2O3. The molecule has 0 bridgehead atoms. The quantitative estimate of drug-likeness (QED) is 0.739. The third-order valence-corrected chi connectivity index (χ3v) is 3.97. The molecule has 5 nitrogen and oxygen atoms in total. The maximum absolute atomic E-state index is 12.4. The summed E-state index contributed by atoms with van der Waals surface area (Å²) in [6, 6.07) is 0. The van der Waals surface area contributed by atoms with E-state index in [0.29, 0.717) is 19.0 Å². The molecular weight excluding hydrogens is 220 g/mol. The van der Waals surface area contributed by atoms with Gasteiger partial charge in [0.2, 0.25) is 5.91 Å². The molecule has 98 valence electrons. The van der Waals surface area contributed by atoms with Gasteiger partial charge >= 0.3 is 0 Å². The van der Waals surface area contributed by atoms with E-state index in [9.17, 15) is 4.79 Å². The number of nitrogens with zero attached hydrogens (tertiary/aromatic N) is 1. The van der Waals surface area contributed by atoms with Crippen molar-refractivity contribution < 1.29 is 14.3 Å². The van der Waals surface area contributed by atoms with E-state index in [1.165, 1.54) is 0 Å². The van der Waals surface area contributed by atoms with Crippen LogP contribution in [-0.2, 0) is 14.3 Å². The summed E-state index contributed by atoms with van der Waals surface area (Å²) in [4.78, 5) is 14.2. The van der Waals surface area contributed by atoms with Gasteiger partial charge in [0.1, 0.15) is 12.2 Å². The van der Waals surface area contributed by atoms with Gasteiger partial charge in [-0.3, -0.25) is 4.79 Å². The summed E-state index contributed by atoms with van der Waals surface area (Å²) < 4.78 is 10.7. The number of methoxy groups -OCH3 is 2. The minimum Gasteiger partial charge on any atom is -0.377 e. The number of carbonyl (C=O) groups excluding carboxylic acids is 1. The van der Waals surface area contributed by atoms with Crippen LogP contribution in [0, 0.1) is 11.8 Å². The number of ether oxygens (including phenoxy) is 2. The van der Waals surface area contributed by atoms with Gasteiger partial charge in [0.25, 0.3) is 0 Å². The van der Waals surface area contributed by atoms with Crippen LogP contribution in [0.3, 0.4) is 0 Å². The number of hydrogen-bond acceptors (Lipinski definition) is 4. The lowest BCUT2D eigenvalue weighted by Crippen LogP contribution is -2.38. The second kappa shape index (κ2) is 5.33. The Kier molecular flexibility index (Phi) is 4.01. The van der Waals surface area contributed by atoms with Crippen LogP contribution in [0.1, 0.15) is 6.92 Å². The summed E-state index contributed by atoms with van der Waals surface area (Å²) in [5, 5.41) is 3.27. The monoisotopic (exact) mass is 242 g/mol. The predicted octanol–water partition coefficient (Wildman–Crippen LogP) is -0.286. The van der Waals surface area contributed by atoms with E-state index < -0.39 is 0 Å². The highest BCUT2D eigenvalue weighted by molar-refractivity contribution is 5.80. The molecule has 0 aromatic heterocycles. The van der Waals surface area contributed by atoms with Gasteiger partial charge in [0.05, 0.1) is 5.92 Å². The smallest absolute Gasteiger partial charge is 0.227 e. The van der Waals surface area contributed by atoms with Crippen molar-refractivity contribution in [3.63, 3.8) is 0 Å². The molecule has 0 radical (unpaired) electrons. The average Bonchev–Trinajstić information content (AvgIpc) is 2.93. The third kappa shape index (κ3) is 2.46. The highest BCUT2D eigenvalue weighted by atomic mass is 16.5. The van der Waals surface area contributed by atoms with E-state index in [1.807, 2.05) is 4.90 Å². The van der Waals surface area contributed by atoms with E-state index in [0.717, 1.165) is 13.1 Å². The lowest BCUT2D eigenvalue weighted by atomic mass is 9.97. The fourth-order valence-corrected chi connectivity index (χ4v) is 2.75. The van der Waals surface area contributed by atoms with Gasteiger partial charge < -0.3 is 19.7 Å². The van der Waals surface area contributed by atoms with Gasteiger partial charge in [-0.05, 0) is 12.5 Å². The summed E-state index contributed by atoms with van der Waals surface area (Å²) in [5.41, 5.74) is 0. The number of nitrogens with one attached hydrogen (secondary N) is 1. The number of likely N-dealkylation sites (tertiary alicyclic amines) is 1. The normalized spacial score (nSPS) is 37.7. The summed E-state index contributed by atoms with van der Waals surface area (Å²) in [6.07, 6.45) is 0.0160. The Morgan fingerprint density at radius 3 is 2.18 bits per heavy atom. The molecule has 4 atom stereocenters. The maximum atomic E-state index is 12.4. The molecule has 0 aromatic rings. The zero-order valence-corrected chi connectivity index (χ0v) is 10.8. The standard InChI is InChI=1S/C12H22N2O3/c1-8-4-13-5-9(8)12(15)14-6-10(16-2)11(7-14)17-3/h8-11,13H,4-7H2,1-3H3. The van der Waals surface area contributed by atoms with Gasteiger partial charge in [-0.2, -0.15) is 0 Å². The summed E-state index contributed by atoms with van der Waals surface area (Å²) >= 11 is 0. The van der Waals surface area contributed by atoms with Crippen LogP contribution < -0.4 is 5.32 Å². The van der Waals surface area contributed by atoms with E-state index in [-0.39, 0.29) is 24.0 Å². The molecule has 17 heavy (non-hydrogen) atoms. The zero-order chi connectivity index (χ0) is 12.4.